The number of anilines is 1. The molecule has 1 fully saturated rings. The van der Waals surface area contributed by atoms with E-state index in [-0.39, 0.29) is 0 Å². The number of hydrogen-bond donors (Lipinski definition) is 1. The summed E-state index contributed by atoms with van der Waals surface area (Å²) < 4.78 is 7.27. The van der Waals surface area contributed by atoms with E-state index in [0.717, 1.165) is 49.9 Å². The Labute approximate surface area is 164 Å². The summed E-state index contributed by atoms with van der Waals surface area (Å²) in [6, 6.07) is 14.3. The number of aryl methyl sites for hydroxylation is 2. The van der Waals surface area contributed by atoms with Gasteiger partial charge < -0.3 is 14.7 Å². The Balaban J connectivity index is 1.57. The summed E-state index contributed by atoms with van der Waals surface area (Å²) in [4.78, 5) is 11.4. The minimum atomic E-state index is -0.711. The summed E-state index contributed by atoms with van der Waals surface area (Å²) in [5, 5.41) is 14.4. The SMILES string of the molecule is CC(O)c1nc(-c2ccc(N3CCOCC3)nc2)n(CCc2ccccc2)n1. The zero-order valence-corrected chi connectivity index (χ0v) is 16.0. The molecule has 7 heteroatoms. The molecular formula is C21H25N5O2. The maximum absolute atomic E-state index is 9.94. The number of aromatic nitrogens is 4. The minimum absolute atomic E-state index is 0.431. The molecule has 3 heterocycles. The van der Waals surface area contributed by atoms with Crippen LogP contribution in [0.15, 0.2) is 48.7 Å². The Morgan fingerprint density at radius 2 is 1.89 bits per heavy atom. The maximum atomic E-state index is 9.94. The number of aliphatic hydroxyl groups excluding tert-OH is 1. The molecule has 0 radical (unpaired) electrons. The van der Waals surface area contributed by atoms with E-state index >= 15 is 0 Å². The summed E-state index contributed by atoms with van der Waals surface area (Å²) in [7, 11) is 0. The van der Waals surface area contributed by atoms with Crippen molar-refractivity contribution < 1.29 is 9.84 Å². The topological polar surface area (TPSA) is 76.3 Å². The number of ether oxygens (including phenoxy) is 1. The van der Waals surface area contributed by atoms with Crippen molar-refractivity contribution in [3.05, 3.63) is 60.0 Å². The second-order valence-electron chi connectivity index (χ2n) is 6.93. The lowest BCUT2D eigenvalue weighted by atomic mass is 10.1. The van der Waals surface area contributed by atoms with Crippen LogP contribution in [0.2, 0.25) is 0 Å². The highest BCUT2D eigenvalue weighted by Gasteiger charge is 2.17. The summed E-state index contributed by atoms with van der Waals surface area (Å²) in [6.45, 7) is 5.53. The smallest absolute Gasteiger partial charge is 0.179 e. The van der Waals surface area contributed by atoms with Gasteiger partial charge in [0, 0.05) is 31.4 Å². The molecule has 0 aliphatic carbocycles. The van der Waals surface area contributed by atoms with E-state index in [1.165, 1.54) is 5.56 Å². The molecule has 7 nitrogen and oxygen atoms in total. The number of rotatable bonds is 6. The van der Waals surface area contributed by atoms with Crippen molar-refractivity contribution in [3.63, 3.8) is 0 Å². The number of benzene rings is 1. The van der Waals surface area contributed by atoms with E-state index in [9.17, 15) is 5.11 Å². The molecule has 1 unspecified atom stereocenters. The molecule has 1 aliphatic heterocycles. The Hall–Kier alpha value is -2.77. The van der Waals surface area contributed by atoms with Crippen LogP contribution in [0.3, 0.4) is 0 Å². The van der Waals surface area contributed by atoms with E-state index in [0.29, 0.717) is 12.4 Å². The van der Waals surface area contributed by atoms with Crippen LogP contribution in [0.25, 0.3) is 11.4 Å². The van der Waals surface area contributed by atoms with Crippen LogP contribution < -0.4 is 4.90 Å². The normalized spacial score (nSPS) is 15.6. The first-order valence-electron chi connectivity index (χ1n) is 9.66. The zero-order valence-electron chi connectivity index (χ0n) is 16.0. The van der Waals surface area contributed by atoms with Gasteiger partial charge in [-0.15, -0.1) is 0 Å². The van der Waals surface area contributed by atoms with Gasteiger partial charge in [0.15, 0.2) is 11.6 Å². The van der Waals surface area contributed by atoms with Crippen LogP contribution in [0, 0.1) is 0 Å². The number of morpholine rings is 1. The molecule has 3 aromatic rings. The van der Waals surface area contributed by atoms with Crippen LogP contribution in [0.4, 0.5) is 5.82 Å². The lowest BCUT2D eigenvalue weighted by Gasteiger charge is -2.27. The first kappa shape index (κ1) is 18.6. The van der Waals surface area contributed by atoms with Gasteiger partial charge >= 0.3 is 0 Å². The lowest BCUT2D eigenvalue weighted by molar-refractivity contribution is 0.122. The predicted molar refractivity (Wildman–Crippen MR) is 107 cm³/mol. The largest absolute Gasteiger partial charge is 0.385 e. The lowest BCUT2D eigenvalue weighted by Crippen LogP contribution is -2.36. The van der Waals surface area contributed by atoms with Gasteiger partial charge in [-0.1, -0.05) is 30.3 Å². The minimum Gasteiger partial charge on any atom is -0.385 e. The van der Waals surface area contributed by atoms with E-state index in [1.54, 1.807) is 6.92 Å². The molecule has 1 N–H and O–H groups in total. The number of nitrogens with zero attached hydrogens (tertiary/aromatic N) is 5. The Morgan fingerprint density at radius 3 is 2.57 bits per heavy atom. The van der Waals surface area contributed by atoms with Crippen molar-refractivity contribution in [2.75, 3.05) is 31.2 Å². The molecule has 0 spiro atoms. The highest BCUT2D eigenvalue weighted by atomic mass is 16.5. The molecule has 28 heavy (non-hydrogen) atoms. The predicted octanol–water partition coefficient (Wildman–Crippen LogP) is 2.47. The van der Waals surface area contributed by atoms with Gasteiger partial charge in [0.05, 0.1) is 13.2 Å². The average Bonchev–Trinajstić information content (AvgIpc) is 3.18. The molecule has 0 bridgehead atoms. The highest BCUT2D eigenvalue weighted by molar-refractivity contribution is 5.57. The van der Waals surface area contributed by atoms with E-state index in [1.807, 2.05) is 41.2 Å². The van der Waals surface area contributed by atoms with Gasteiger partial charge in [-0.25, -0.2) is 14.6 Å². The van der Waals surface area contributed by atoms with Crippen molar-refractivity contribution in [2.24, 2.45) is 0 Å². The van der Waals surface area contributed by atoms with Crippen molar-refractivity contribution in [3.8, 4) is 11.4 Å². The molecule has 4 rings (SSSR count). The van der Waals surface area contributed by atoms with Crippen molar-refractivity contribution in [1.82, 2.24) is 19.7 Å². The fourth-order valence-electron chi connectivity index (χ4n) is 3.28. The van der Waals surface area contributed by atoms with Crippen LogP contribution in [0.5, 0.6) is 0 Å². The molecule has 0 amide bonds. The van der Waals surface area contributed by atoms with E-state index < -0.39 is 6.10 Å². The van der Waals surface area contributed by atoms with Gasteiger partial charge in [0.25, 0.3) is 0 Å². The average molecular weight is 379 g/mol. The summed E-state index contributed by atoms with van der Waals surface area (Å²) in [5.74, 6) is 2.10. The number of hydrogen-bond acceptors (Lipinski definition) is 6. The third-order valence-corrected chi connectivity index (χ3v) is 4.86. The Kier molecular flexibility index (Phi) is 5.64. The van der Waals surface area contributed by atoms with E-state index in [4.69, 9.17) is 4.74 Å². The number of aliphatic hydroxyl groups is 1. The third-order valence-electron chi connectivity index (χ3n) is 4.86. The van der Waals surface area contributed by atoms with Gasteiger partial charge in [-0.3, -0.25) is 0 Å². The van der Waals surface area contributed by atoms with Crippen LogP contribution in [-0.4, -0.2) is 51.2 Å². The standard InChI is InChI=1S/C21H25N5O2/c1-16(27)20-23-21(26(24-20)10-9-17-5-3-2-4-6-17)18-7-8-19(22-15-18)25-11-13-28-14-12-25/h2-8,15-16,27H,9-14H2,1H3. The van der Waals surface area contributed by atoms with Gasteiger partial charge in [0.2, 0.25) is 0 Å². The summed E-state index contributed by atoms with van der Waals surface area (Å²) in [5.41, 5.74) is 2.13. The molecule has 2 aromatic heterocycles. The molecule has 1 atom stereocenters. The maximum Gasteiger partial charge on any atom is 0.179 e. The van der Waals surface area contributed by atoms with Crippen molar-refractivity contribution in [2.45, 2.75) is 26.0 Å². The Bertz CT molecular complexity index is 887. The second kappa shape index (κ2) is 8.50. The fourth-order valence-corrected chi connectivity index (χ4v) is 3.28. The quantitative estimate of drug-likeness (QED) is 0.709. The van der Waals surface area contributed by atoms with Crippen molar-refractivity contribution in [1.29, 1.82) is 0 Å². The summed E-state index contributed by atoms with van der Waals surface area (Å²) in [6.07, 6.45) is 1.97. The molecule has 1 aromatic carbocycles. The molecule has 0 saturated carbocycles. The zero-order chi connectivity index (χ0) is 19.3. The van der Waals surface area contributed by atoms with Crippen LogP contribution in [-0.2, 0) is 17.7 Å². The second-order valence-corrected chi connectivity index (χ2v) is 6.93. The molecule has 1 saturated heterocycles. The van der Waals surface area contributed by atoms with Crippen LogP contribution >= 0.6 is 0 Å². The third kappa shape index (κ3) is 4.21. The van der Waals surface area contributed by atoms with Crippen LogP contribution in [0.1, 0.15) is 24.4 Å². The molecule has 146 valence electrons. The van der Waals surface area contributed by atoms with Gasteiger partial charge in [-0.05, 0) is 31.0 Å². The Morgan fingerprint density at radius 1 is 1.11 bits per heavy atom. The van der Waals surface area contributed by atoms with E-state index in [2.05, 4.69) is 32.1 Å². The first-order valence-corrected chi connectivity index (χ1v) is 9.66. The number of pyridine rings is 1. The fraction of sp³-hybridized carbons (Fsp3) is 0.381. The first-order chi connectivity index (χ1) is 13.7. The summed E-state index contributed by atoms with van der Waals surface area (Å²) >= 11 is 0. The highest BCUT2D eigenvalue weighted by Crippen LogP contribution is 2.22. The van der Waals surface area contributed by atoms with Gasteiger partial charge in [0.1, 0.15) is 11.9 Å². The van der Waals surface area contributed by atoms with Gasteiger partial charge in [-0.2, -0.15) is 5.10 Å². The van der Waals surface area contributed by atoms with Crippen molar-refractivity contribution >= 4 is 5.82 Å². The molecule has 1 aliphatic rings. The monoisotopic (exact) mass is 379 g/mol. The molecular weight excluding hydrogens is 354 g/mol.